The Balaban J connectivity index is 2.52. The molecule has 0 spiro atoms. The Morgan fingerprint density at radius 2 is 1.95 bits per heavy atom. The standard InChI is InChI=1S/C18H27NO/c1-5-6-7-14-13-19(10-11-20)17-9-8-15(12-16(14)17)18(2,3)4/h8-9,12-13,20H,5-7,10-11H2,1-4H3. The van der Waals surface area contributed by atoms with Gasteiger partial charge in [0.05, 0.1) is 6.61 Å². The van der Waals surface area contributed by atoms with E-state index in [4.69, 9.17) is 0 Å². The number of benzene rings is 1. The molecule has 0 unspecified atom stereocenters. The Labute approximate surface area is 122 Å². The molecule has 0 bridgehead atoms. The summed E-state index contributed by atoms with van der Waals surface area (Å²) >= 11 is 0. The average Bonchev–Trinajstić information content (AvgIpc) is 2.74. The van der Waals surface area contributed by atoms with Crippen molar-refractivity contribution in [2.24, 2.45) is 0 Å². The number of aryl methyl sites for hydroxylation is 1. The Morgan fingerprint density at radius 1 is 1.20 bits per heavy atom. The number of nitrogens with zero attached hydrogens (tertiary/aromatic N) is 1. The van der Waals surface area contributed by atoms with Crippen molar-refractivity contribution < 1.29 is 5.11 Å². The Bertz CT molecular complexity index is 575. The van der Waals surface area contributed by atoms with Crippen molar-refractivity contribution in [2.45, 2.75) is 58.9 Å². The smallest absolute Gasteiger partial charge is 0.0610 e. The lowest BCUT2D eigenvalue weighted by Gasteiger charge is -2.19. The number of hydrogen-bond acceptors (Lipinski definition) is 1. The quantitative estimate of drug-likeness (QED) is 0.864. The van der Waals surface area contributed by atoms with E-state index in [1.807, 2.05) is 0 Å². The number of hydrogen-bond donors (Lipinski definition) is 1. The van der Waals surface area contributed by atoms with Crippen molar-refractivity contribution in [3.63, 3.8) is 0 Å². The van der Waals surface area contributed by atoms with Crippen LogP contribution >= 0.6 is 0 Å². The summed E-state index contributed by atoms with van der Waals surface area (Å²) in [6, 6.07) is 6.77. The van der Waals surface area contributed by atoms with E-state index in [2.05, 4.69) is 56.7 Å². The second-order valence-corrected chi connectivity index (χ2v) is 6.66. The Kier molecular flexibility index (Phi) is 4.54. The lowest BCUT2D eigenvalue weighted by atomic mass is 9.86. The third-order valence-electron chi connectivity index (χ3n) is 3.97. The molecule has 0 radical (unpaired) electrons. The third kappa shape index (κ3) is 3.06. The van der Waals surface area contributed by atoms with E-state index in [1.165, 1.54) is 34.9 Å². The normalized spacial score (nSPS) is 12.2. The summed E-state index contributed by atoms with van der Waals surface area (Å²) in [6.07, 6.45) is 5.78. The maximum atomic E-state index is 9.23. The van der Waals surface area contributed by atoms with E-state index in [1.54, 1.807) is 0 Å². The van der Waals surface area contributed by atoms with Crippen LogP contribution in [0.15, 0.2) is 24.4 Å². The van der Waals surface area contributed by atoms with Crippen LogP contribution in [0.4, 0.5) is 0 Å². The number of unbranched alkanes of at least 4 members (excludes halogenated alkanes) is 1. The van der Waals surface area contributed by atoms with E-state index in [0.717, 1.165) is 6.42 Å². The molecule has 0 saturated heterocycles. The number of aliphatic hydroxyl groups excluding tert-OH is 1. The summed E-state index contributed by atoms with van der Waals surface area (Å²) in [5.74, 6) is 0. The van der Waals surface area contributed by atoms with Crippen LogP contribution in [0.1, 0.15) is 51.7 Å². The van der Waals surface area contributed by atoms with E-state index in [9.17, 15) is 5.11 Å². The van der Waals surface area contributed by atoms with Crippen LogP contribution in [0.2, 0.25) is 0 Å². The average molecular weight is 273 g/mol. The Morgan fingerprint density at radius 3 is 2.55 bits per heavy atom. The molecular formula is C18H27NO. The van der Waals surface area contributed by atoms with Gasteiger partial charge in [-0.2, -0.15) is 0 Å². The summed E-state index contributed by atoms with van der Waals surface area (Å²) in [4.78, 5) is 0. The molecule has 2 aromatic rings. The molecule has 2 heteroatoms. The van der Waals surface area contributed by atoms with Gasteiger partial charge in [0.15, 0.2) is 0 Å². The minimum atomic E-state index is 0.176. The van der Waals surface area contributed by atoms with Crippen LogP contribution < -0.4 is 0 Å². The molecule has 0 saturated carbocycles. The third-order valence-corrected chi connectivity index (χ3v) is 3.97. The second kappa shape index (κ2) is 6.01. The molecule has 0 fully saturated rings. The summed E-state index contributed by atoms with van der Waals surface area (Å²) in [5, 5.41) is 10.6. The fourth-order valence-corrected chi connectivity index (χ4v) is 2.70. The SMILES string of the molecule is CCCCc1cn(CCO)c2ccc(C(C)(C)C)cc12. The highest BCUT2D eigenvalue weighted by Crippen LogP contribution is 2.29. The minimum Gasteiger partial charge on any atom is -0.395 e. The van der Waals surface area contributed by atoms with E-state index < -0.39 is 0 Å². The first-order valence-electron chi connectivity index (χ1n) is 7.70. The highest BCUT2D eigenvalue weighted by molar-refractivity contribution is 5.85. The fraction of sp³-hybridized carbons (Fsp3) is 0.556. The van der Waals surface area contributed by atoms with Crippen LogP contribution in [0.25, 0.3) is 10.9 Å². The van der Waals surface area contributed by atoms with Crippen LogP contribution in [0.3, 0.4) is 0 Å². The first-order valence-corrected chi connectivity index (χ1v) is 7.70. The molecule has 2 rings (SSSR count). The Hall–Kier alpha value is -1.28. The monoisotopic (exact) mass is 273 g/mol. The van der Waals surface area contributed by atoms with Crippen molar-refractivity contribution >= 4 is 10.9 Å². The molecule has 1 heterocycles. The molecule has 1 aromatic heterocycles. The number of rotatable bonds is 5. The molecule has 0 aliphatic rings. The van der Waals surface area contributed by atoms with Crippen molar-refractivity contribution in [1.82, 2.24) is 4.57 Å². The van der Waals surface area contributed by atoms with Crippen LogP contribution in [0, 0.1) is 0 Å². The molecule has 110 valence electrons. The zero-order chi connectivity index (χ0) is 14.8. The van der Waals surface area contributed by atoms with Gasteiger partial charge in [0.2, 0.25) is 0 Å². The molecule has 0 atom stereocenters. The van der Waals surface area contributed by atoms with Gasteiger partial charge in [-0.3, -0.25) is 0 Å². The molecule has 1 N–H and O–H groups in total. The number of aromatic nitrogens is 1. The van der Waals surface area contributed by atoms with Gasteiger partial charge >= 0.3 is 0 Å². The maximum absolute atomic E-state index is 9.23. The first kappa shape index (κ1) is 15.1. The molecule has 0 aliphatic carbocycles. The van der Waals surface area contributed by atoms with Gasteiger partial charge in [0, 0.05) is 23.6 Å². The van der Waals surface area contributed by atoms with Crippen LogP contribution in [0.5, 0.6) is 0 Å². The van der Waals surface area contributed by atoms with Gasteiger partial charge < -0.3 is 9.67 Å². The van der Waals surface area contributed by atoms with Gasteiger partial charge in [-0.15, -0.1) is 0 Å². The molecule has 2 nitrogen and oxygen atoms in total. The van der Waals surface area contributed by atoms with Gasteiger partial charge in [0.1, 0.15) is 0 Å². The molecular weight excluding hydrogens is 246 g/mol. The zero-order valence-corrected chi connectivity index (χ0v) is 13.2. The van der Waals surface area contributed by atoms with Crippen molar-refractivity contribution in [3.8, 4) is 0 Å². The van der Waals surface area contributed by atoms with E-state index in [0.29, 0.717) is 6.54 Å². The number of fused-ring (bicyclic) bond motifs is 1. The molecule has 0 aliphatic heterocycles. The maximum Gasteiger partial charge on any atom is 0.0610 e. The van der Waals surface area contributed by atoms with Crippen LogP contribution in [-0.4, -0.2) is 16.3 Å². The molecule has 20 heavy (non-hydrogen) atoms. The lowest BCUT2D eigenvalue weighted by Crippen LogP contribution is -2.10. The summed E-state index contributed by atoms with van der Waals surface area (Å²) in [5.41, 5.74) is 4.22. The molecule has 1 aromatic carbocycles. The topological polar surface area (TPSA) is 25.2 Å². The predicted octanol–water partition coefficient (Wildman–Crippen LogP) is 4.27. The van der Waals surface area contributed by atoms with Crippen molar-refractivity contribution in [1.29, 1.82) is 0 Å². The second-order valence-electron chi connectivity index (χ2n) is 6.66. The lowest BCUT2D eigenvalue weighted by molar-refractivity contribution is 0.278. The zero-order valence-electron chi connectivity index (χ0n) is 13.2. The van der Waals surface area contributed by atoms with E-state index >= 15 is 0 Å². The number of aliphatic hydroxyl groups is 1. The van der Waals surface area contributed by atoms with Gasteiger partial charge in [-0.25, -0.2) is 0 Å². The van der Waals surface area contributed by atoms with Gasteiger partial charge in [0.25, 0.3) is 0 Å². The van der Waals surface area contributed by atoms with Gasteiger partial charge in [-0.05, 0) is 41.5 Å². The summed E-state index contributed by atoms with van der Waals surface area (Å²) in [7, 11) is 0. The van der Waals surface area contributed by atoms with Crippen molar-refractivity contribution in [2.75, 3.05) is 6.61 Å². The van der Waals surface area contributed by atoms with Gasteiger partial charge in [-0.1, -0.05) is 40.2 Å². The fourth-order valence-electron chi connectivity index (χ4n) is 2.70. The van der Waals surface area contributed by atoms with Crippen molar-refractivity contribution in [3.05, 3.63) is 35.5 Å². The summed E-state index contributed by atoms with van der Waals surface area (Å²) < 4.78 is 2.19. The highest BCUT2D eigenvalue weighted by atomic mass is 16.3. The largest absolute Gasteiger partial charge is 0.395 e. The summed E-state index contributed by atoms with van der Waals surface area (Å²) in [6.45, 7) is 9.86. The molecule has 0 amide bonds. The highest BCUT2D eigenvalue weighted by Gasteiger charge is 2.16. The minimum absolute atomic E-state index is 0.176. The van der Waals surface area contributed by atoms with Crippen LogP contribution in [-0.2, 0) is 18.4 Å². The predicted molar refractivity (Wildman–Crippen MR) is 86.3 cm³/mol. The van der Waals surface area contributed by atoms with E-state index in [-0.39, 0.29) is 12.0 Å². The first-order chi connectivity index (χ1) is 9.47.